The van der Waals surface area contributed by atoms with E-state index in [0.29, 0.717) is 10.9 Å². The van der Waals surface area contributed by atoms with E-state index >= 15 is 0 Å². The van der Waals surface area contributed by atoms with Crippen LogP contribution in [0, 0.1) is 0 Å². The third kappa shape index (κ3) is 2.41. The first-order valence-corrected chi connectivity index (χ1v) is 7.89. The number of hydrogen-bond acceptors (Lipinski definition) is 4. The lowest BCUT2D eigenvalue weighted by Crippen LogP contribution is -2.10. The summed E-state index contributed by atoms with van der Waals surface area (Å²) in [5, 5.41) is 6.90. The number of nitrogens with one attached hydrogen (secondary N) is 1. The minimum absolute atomic E-state index is 0.0577. The zero-order valence-electron chi connectivity index (χ0n) is 10.1. The third-order valence-corrected chi connectivity index (χ3v) is 4.40. The van der Waals surface area contributed by atoms with E-state index in [1.165, 1.54) is 0 Å². The maximum absolute atomic E-state index is 12.3. The Bertz CT molecular complexity index is 860. The van der Waals surface area contributed by atoms with Gasteiger partial charge in [-0.2, -0.15) is 13.5 Å². The zero-order chi connectivity index (χ0) is 14.2. The minimum Gasteiger partial charge on any atom is -0.378 e. The van der Waals surface area contributed by atoms with Crippen molar-refractivity contribution in [2.75, 3.05) is 0 Å². The van der Waals surface area contributed by atoms with Gasteiger partial charge in [-0.3, -0.25) is 5.10 Å². The van der Waals surface area contributed by atoms with Gasteiger partial charge < -0.3 is 4.18 Å². The van der Waals surface area contributed by atoms with Crippen LogP contribution in [0.2, 0.25) is 0 Å². The first-order valence-electron chi connectivity index (χ1n) is 5.69. The minimum atomic E-state index is -3.95. The highest BCUT2D eigenvalue weighted by Gasteiger charge is 2.22. The summed E-state index contributed by atoms with van der Waals surface area (Å²) in [5.41, 5.74) is 0.559. The summed E-state index contributed by atoms with van der Waals surface area (Å²) >= 11 is 3.31. The molecule has 1 aromatic heterocycles. The van der Waals surface area contributed by atoms with Crippen molar-refractivity contribution in [1.82, 2.24) is 10.2 Å². The predicted molar refractivity (Wildman–Crippen MR) is 78.0 cm³/mol. The SMILES string of the molecule is O=S(=O)(Oc1ccccc1)c1[nH]nc2ccc(Br)cc12. The third-order valence-electron chi connectivity index (χ3n) is 2.68. The van der Waals surface area contributed by atoms with E-state index in [1.54, 1.807) is 48.5 Å². The highest BCUT2D eigenvalue weighted by molar-refractivity contribution is 9.10. The topological polar surface area (TPSA) is 72.1 Å². The lowest BCUT2D eigenvalue weighted by atomic mass is 10.3. The number of nitrogens with zero attached hydrogens (tertiary/aromatic N) is 1. The van der Waals surface area contributed by atoms with Gasteiger partial charge in [-0.25, -0.2) is 0 Å². The predicted octanol–water partition coefficient (Wildman–Crippen LogP) is 3.09. The van der Waals surface area contributed by atoms with E-state index in [4.69, 9.17) is 4.18 Å². The maximum atomic E-state index is 12.3. The number of benzene rings is 2. The molecule has 0 saturated heterocycles. The molecule has 0 amide bonds. The van der Waals surface area contributed by atoms with E-state index in [9.17, 15) is 8.42 Å². The Morgan fingerprint density at radius 2 is 1.85 bits per heavy atom. The molecule has 20 heavy (non-hydrogen) atoms. The first-order chi connectivity index (χ1) is 9.56. The van der Waals surface area contributed by atoms with Gasteiger partial charge in [0.25, 0.3) is 0 Å². The molecule has 1 heterocycles. The zero-order valence-corrected chi connectivity index (χ0v) is 12.5. The second-order valence-electron chi connectivity index (χ2n) is 4.06. The number of H-pyrrole nitrogens is 1. The van der Waals surface area contributed by atoms with Crippen LogP contribution in [-0.4, -0.2) is 18.6 Å². The van der Waals surface area contributed by atoms with E-state index in [0.717, 1.165) is 4.47 Å². The number of halogens is 1. The van der Waals surface area contributed by atoms with Gasteiger partial charge in [-0.1, -0.05) is 34.1 Å². The van der Waals surface area contributed by atoms with Gasteiger partial charge in [-0.15, -0.1) is 0 Å². The van der Waals surface area contributed by atoms with Crippen molar-refractivity contribution in [2.24, 2.45) is 0 Å². The molecule has 0 radical (unpaired) electrons. The molecule has 0 atom stereocenters. The summed E-state index contributed by atoms with van der Waals surface area (Å²) in [6.45, 7) is 0. The van der Waals surface area contributed by atoms with Crippen molar-refractivity contribution in [2.45, 2.75) is 5.03 Å². The lowest BCUT2D eigenvalue weighted by Gasteiger charge is -2.05. The van der Waals surface area contributed by atoms with E-state index in [1.807, 2.05) is 0 Å². The molecule has 0 spiro atoms. The molecule has 0 aliphatic carbocycles. The van der Waals surface area contributed by atoms with Gasteiger partial charge in [-0.05, 0) is 30.3 Å². The Labute approximate surface area is 123 Å². The smallest absolute Gasteiger partial charge is 0.356 e. The number of hydrogen-bond donors (Lipinski definition) is 1. The molecule has 102 valence electrons. The van der Waals surface area contributed by atoms with Crippen molar-refractivity contribution in [3.63, 3.8) is 0 Å². The fraction of sp³-hybridized carbons (Fsp3) is 0. The van der Waals surface area contributed by atoms with Crippen LogP contribution in [0.4, 0.5) is 0 Å². The summed E-state index contributed by atoms with van der Waals surface area (Å²) in [4.78, 5) is 0. The van der Waals surface area contributed by atoms with Gasteiger partial charge in [0.1, 0.15) is 5.75 Å². The molecule has 1 N–H and O–H groups in total. The monoisotopic (exact) mass is 352 g/mol. The van der Waals surface area contributed by atoms with E-state index in [2.05, 4.69) is 26.1 Å². The number of aromatic amines is 1. The Kier molecular flexibility index (Phi) is 3.23. The largest absolute Gasteiger partial charge is 0.378 e. The summed E-state index contributed by atoms with van der Waals surface area (Å²) in [6.07, 6.45) is 0. The standard InChI is InChI=1S/C13H9BrN2O3S/c14-9-6-7-12-11(8-9)13(16-15-12)20(17,18)19-10-4-2-1-3-5-10/h1-8H,(H,15,16). The molecule has 3 rings (SSSR count). The van der Waals surface area contributed by atoms with Crippen LogP contribution in [0.25, 0.3) is 10.9 Å². The summed E-state index contributed by atoms with van der Waals surface area (Å²) in [5.74, 6) is 0.255. The molecule has 0 bridgehead atoms. The van der Waals surface area contributed by atoms with Gasteiger partial charge >= 0.3 is 10.1 Å². The van der Waals surface area contributed by atoms with Crippen molar-refractivity contribution < 1.29 is 12.6 Å². The maximum Gasteiger partial charge on any atom is 0.356 e. The van der Waals surface area contributed by atoms with Crippen LogP contribution in [0.1, 0.15) is 0 Å². The van der Waals surface area contributed by atoms with Crippen molar-refractivity contribution in [1.29, 1.82) is 0 Å². The summed E-state index contributed by atoms with van der Waals surface area (Å²) in [7, 11) is -3.95. The Hall–Kier alpha value is -1.86. The highest BCUT2D eigenvalue weighted by Crippen LogP contribution is 2.26. The molecular weight excluding hydrogens is 344 g/mol. The molecule has 0 unspecified atom stereocenters. The van der Waals surface area contributed by atoms with Crippen molar-refractivity contribution in [3.05, 3.63) is 53.0 Å². The molecule has 0 aliphatic heterocycles. The Balaban J connectivity index is 2.08. The molecule has 7 heteroatoms. The molecule has 0 fully saturated rings. The molecular formula is C13H9BrN2O3S. The number of para-hydroxylation sites is 1. The van der Waals surface area contributed by atoms with Gasteiger partial charge in [0.15, 0.2) is 5.03 Å². The van der Waals surface area contributed by atoms with Gasteiger partial charge in [0.05, 0.1) is 5.52 Å². The van der Waals surface area contributed by atoms with E-state index < -0.39 is 10.1 Å². The highest BCUT2D eigenvalue weighted by atomic mass is 79.9. The molecule has 5 nitrogen and oxygen atoms in total. The van der Waals surface area contributed by atoms with Crippen LogP contribution < -0.4 is 4.18 Å². The molecule has 0 aliphatic rings. The molecule has 2 aromatic carbocycles. The van der Waals surface area contributed by atoms with Crippen LogP contribution in [-0.2, 0) is 10.1 Å². The number of fused-ring (bicyclic) bond motifs is 1. The second kappa shape index (κ2) is 4.92. The normalized spacial score (nSPS) is 11.7. The molecule has 0 saturated carbocycles. The van der Waals surface area contributed by atoms with Crippen LogP contribution in [0.15, 0.2) is 58.0 Å². The second-order valence-corrected chi connectivity index (χ2v) is 6.46. The summed E-state index contributed by atoms with van der Waals surface area (Å²) in [6, 6.07) is 13.5. The number of rotatable bonds is 3. The Morgan fingerprint density at radius 3 is 2.60 bits per heavy atom. The average molecular weight is 353 g/mol. The van der Waals surface area contributed by atoms with Crippen LogP contribution in [0.5, 0.6) is 5.75 Å². The van der Waals surface area contributed by atoms with Crippen LogP contribution >= 0.6 is 15.9 Å². The van der Waals surface area contributed by atoms with Crippen LogP contribution in [0.3, 0.4) is 0 Å². The molecule has 3 aromatic rings. The van der Waals surface area contributed by atoms with Crippen molar-refractivity contribution in [3.8, 4) is 5.75 Å². The lowest BCUT2D eigenvalue weighted by molar-refractivity contribution is 0.483. The summed E-state index contributed by atoms with van der Waals surface area (Å²) < 4.78 is 30.4. The quantitative estimate of drug-likeness (QED) is 0.735. The fourth-order valence-corrected chi connectivity index (χ4v) is 3.19. The first kappa shape index (κ1) is 13.1. The van der Waals surface area contributed by atoms with Crippen molar-refractivity contribution >= 4 is 37.0 Å². The average Bonchev–Trinajstić information content (AvgIpc) is 2.83. The van der Waals surface area contributed by atoms with E-state index in [-0.39, 0.29) is 10.8 Å². The van der Waals surface area contributed by atoms with Gasteiger partial charge in [0, 0.05) is 9.86 Å². The Morgan fingerprint density at radius 1 is 1.10 bits per heavy atom. The number of aromatic nitrogens is 2. The fourth-order valence-electron chi connectivity index (χ4n) is 1.79. The van der Waals surface area contributed by atoms with Gasteiger partial charge in [0.2, 0.25) is 0 Å².